The van der Waals surface area contributed by atoms with Crippen molar-refractivity contribution in [2.24, 2.45) is 0 Å². The van der Waals surface area contributed by atoms with Gasteiger partial charge in [-0.05, 0) is 13.5 Å². The Bertz CT molecular complexity index is 304. The highest BCUT2D eigenvalue weighted by molar-refractivity contribution is 5.08. The van der Waals surface area contributed by atoms with Crippen molar-refractivity contribution in [2.75, 3.05) is 13.7 Å². The SMILES string of the molecule is CCCCCCCOc1cncc(CNC)n1. The first kappa shape index (κ1) is 13.9. The number of ether oxygens (including phenoxy) is 1. The minimum atomic E-state index is 0.633. The number of hydrogen-bond acceptors (Lipinski definition) is 4. The van der Waals surface area contributed by atoms with E-state index in [4.69, 9.17) is 4.74 Å². The van der Waals surface area contributed by atoms with Gasteiger partial charge in [0, 0.05) is 12.7 Å². The Morgan fingerprint density at radius 2 is 2.00 bits per heavy atom. The summed E-state index contributed by atoms with van der Waals surface area (Å²) < 4.78 is 5.57. The van der Waals surface area contributed by atoms with Crippen LogP contribution in [0.25, 0.3) is 0 Å². The molecular weight excluding hydrogens is 214 g/mol. The van der Waals surface area contributed by atoms with Crippen molar-refractivity contribution < 1.29 is 4.74 Å². The first-order valence-corrected chi connectivity index (χ1v) is 6.45. The molecule has 0 radical (unpaired) electrons. The molecule has 1 aromatic heterocycles. The molecule has 17 heavy (non-hydrogen) atoms. The average molecular weight is 237 g/mol. The van der Waals surface area contributed by atoms with Crippen LogP contribution < -0.4 is 10.1 Å². The summed E-state index contributed by atoms with van der Waals surface area (Å²) in [4.78, 5) is 8.45. The van der Waals surface area contributed by atoms with E-state index in [9.17, 15) is 0 Å². The van der Waals surface area contributed by atoms with Crippen molar-refractivity contribution in [3.05, 3.63) is 18.1 Å². The van der Waals surface area contributed by atoms with Crippen LogP contribution in [0.15, 0.2) is 12.4 Å². The first-order chi connectivity index (χ1) is 8.36. The summed E-state index contributed by atoms with van der Waals surface area (Å²) in [5, 5.41) is 3.04. The molecule has 0 saturated carbocycles. The lowest BCUT2D eigenvalue weighted by atomic mass is 10.2. The minimum absolute atomic E-state index is 0.633. The molecule has 1 aromatic rings. The number of aromatic nitrogens is 2. The van der Waals surface area contributed by atoms with Gasteiger partial charge in [0.05, 0.1) is 18.5 Å². The minimum Gasteiger partial charge on any atom is -0.477 e. The average Bonchev–Trinajstić information content (AvgIpc) is 2.35. The van der Waals surface area contributed by atoms with Gasteiger partial charge in [0.25, 0.3) is 0 Å². The molecule has 0 aliphatic carbocycles. The number of unbranched alkanes of at least 4 members (excludes halogenated alkanes) is 4. The Morgan fingerprint density at radius 3 is 2.76 bits per heavy atom. The molecule has 0 fully saturated rings. The molecule has 0 amide bonds. The maximum Gasteiger partial charge on any atom is 0.232 e. The summed E-state index contributed by atoms with van der Waals surface area (Å²) in [6, 6.07) is 0. The summed E-state index contributed by atoms with van der Waals surface area (Å²) in [5.41, 5.74) is 0.913. The third kappa shape index (κ3) is 6.22. The maximum atomic E-state index is 5.57. The topological polar surface area (TPSA) is 47.0 Å². The molecule has 0 aliphatic heterocycles. The molecule has 4 heteroatoms. The molecule has 0 saturated heterocycles. The summed E-state index contributed by atoms with van der Waals surface area (Å²) in [6.45, 7) is 3.68. The van der Waals surface area contributed by atoms with E-state index in [-0.39, 0.29) is 0 Å². The van der Waals surface area contributed by atoms with Crippen LogP contribution in [-0.4, -0.2) is 23.6 Å². The van der Waals surface area contributed by atoms with Gasteiger partial charge in [0.15, 0.2) is 0 Å². The van der Waals surface area contributed by atoms with Gasteiger partial charge in [-0.15, -0.1) is 0 Å². The number of rotatable bonds is 9. The molecule has 0 bridgehead atoms. The van der Waals surface area contributed by atoms with Crippen LogP contribution in [0, 0.1) is 0 Å². The molecule has 4 nitrogen and oxygen atoms in total. The van der Waals surface area contributed by atoms with Crippen LogP contribution in [0.4, 0.5) is 0 Å². The lowest BCUT2D eigenvalue weighted by Crippen LogP contribution is -2.08. The highest BCUT2D eigenvalue weighted by Crippen LogP contribution is 2.07. The van der Waals surface area contributed by atoms with E-state index in [1.54, 1.807) is 12.4 Å². The van der Waals surface area contributed by atoms with Gasteiger partial charge < -0.3 is 10.1 Å². The van der Waals surface area contributed by atoms with Crippen molar-refractivity contribution in [2.45, 2.75) is 45.6 Å². The Kier molecular flexibility index (Phi) is 7.30. The van der Waals surface area contributed by atoms with Crippen LogP contribution in [0.1, 0.15) is 44.7 Å². The van der Waals surface area contributed by atoms with Crippen LogP contribution in [0.5, 0.6) is 5.88 Å². The fourth-order valence-electron chi connectivity index (χ4n) is 1.60. The second kappa shape index (κ2) is 8.93. The third-order valence-corrected chi connectivity index (χ3v) is 2.52. The summed E-state index contributed by atoms with van der Waals surface area (Å²) in [6.07, 6.45) is 9.65. The van der Waals surface area contributed by atoms with E-state index in [1.165, 1.54) is 25.7 Å². The third-order valence-electron chi connectivity index (χ3n) is 2.52. The van der Waals surface area contributed by atoms with Crippen molar-refractivity contribution in [1.29, 1.82) is 0 Å². The number of nitrogens with one attached hydrogen (secondary N) is 1. The van der Waals surface area contributed by atoms with E-state index in [2.05, 4.69) is 22.2 Å². The van der Waals surface area contributed by atoms with Crippen LogP contribution in [-0.2, 0) is 6.54 Å². The van der Waals surface area contributed by atoms with Crippen molar-refractivity contribution in [1.82, 2.24) is 15.3 Å². The van der Waals surface area contributed by atoms with Gasteiger partial charge >= 0.3 is 0 Å². The normalized spacial score (nSPS) is 10.5. The largest absolute Gasteiger partial charge is 0.477 e. The summed E-state index contributed by atoms with van der Waals surface area (Å²) in [7, 11) is 1.89. The standard InChI is InChI=1S/C13H23N3O/c1-3-4-5-6-7-8-17-13-11-15-10-12(16-13)9-14-2/h10-11,14H,3-9H2,1-2H3. The monoisotopic (exact) mass is 237 g/mol. The van der Waals surface area contributed by atoms with Crippen LogP contribution >= 0.6 is 0 Å². The van der Waals surface area contributed by atoms with Gasteiger partial charge in [-0.25, -0.2) is 4.98 Å². The number of hydrogen-bond donors (Lipinski definition) is 1. The fourth-order valence-corrected chi connectivity index (χ4v) is 1.60. The van der Waals surface area contributed by atoms with E-state index in [1.807, 2.05) is 7.05 Å². The van der Waals surface area contributed by atoms with E-state index in [0.29, 0.717) is 5.88 Å². The van der Waals surface area contributed by atoms with Crippen molar-refractivity contribution in [3.63, 3.8) is 0 Å². The molecular formula is C13H23N3O. The van der Waals surface area contributed by atoms with Gasteiger partial charge in [-0.2, -0.15) is 0 Å². The van der Waals surface area contributed by atoms with Gasteiger partial charge in [-0.3, -0.25) is 4.98 Å². The predicted octanol–water partition coefficient (Wildman–Crippen LogP) is 2.55. The van der Waals surface area contributed by atoms with Crippen LogP contribution in [0.2, 0.25) is 0 Å². The Balaban J connectivity index is 2.19. The maximum absolute atomic E-state index is 5.57. The van der Waals surface area contributed by atoms with Gasteiger partial charge in [0.1, 0.15) is 0 Å². The zero-order chi connectivity index (χ0) is 12.3. The molecule has 1 heterocycles. The Labute approximate surface area is 104 Å². The lowest BCUT2D eigenvalue weighted by Gasteiger charge is -2.06. The molecule has 1 N–H and O–H groups in total. The number of nitrogens with zero attached hydrogens (tertiary/aromatic N) is 2. The second-order valence-corrected chi connectivity index (χ2v) is 4.14. The molecule has 0 aromatic carbocycles. The van der Waals surface area contributed by atoms with Gasteiger partial charge in [0.2, 0.25) is 5.88 Å². The molecule has 96 valence electrons. The van der Waals surface area contributed by atoms with E-state index in [0.717, 1.165) is 25.3 Å². The lowest BCUT2D eigenvalue weighted by molar-refractivity contribution is 0.291. The highest BCUT2D eigenvalue weighted by Gasteiger charge is 1.98. The first-order valence-electron chi connectivity index (χ1n) is 6.45. The van der Waals surface area contributed by atoms with E-state index >= 15 is 0 Å². The van der Waals surface area contributed by atoms with Crippen molar-refractivity contribution >= 4 is 0 Å². The smallest absolute Gasteiger partial charge is 0.232 e. The molecule has 0 spiro atoms. The van der Waals surface area contributed by atoms with Crippen LogP contribution in [0.3, 0.4) is 0 Å². The Morgan fingerprint density at radius 1 is 1.18 bits per heavy atom. The Hall–Kier alpha value is -1.16. The van der Waals surface area contributed by atoms with E-state index < -0.39 is 0 Å². The molecule has 0 aliphatic rings. The van der Waals surface area contributed by atoms with Gasteiger partial charge in [-0.1, -0.05) is 32.6 Å². The predicted molar refractivity (Wildman–Crippen MR) is 69.0 cm³/mol. The second-order valence-electron chi connectivity index (χ2n) is 4.14. The molecule has 1 rings (SSSR count). The zero-order valence-corrected chi connectivity index (χ0v) is 10.9. The fraction of sp³-hybridized carbons (Fsp3) is 0.692. The zero-order valence-electron chi connectivity index (χ0n) is 10.9. The summed E-state index contributed by atoms with van der Waals surface area (Å²) >= 11 is 0. The van der Waals surface area contributed by atoms with Crippen molar-refractivity contribution in [3.8, 4) is 5.88 Å². The summed E-state index contributed by atoms with van der Waals surface area (Å²) in [5.74, 6) is 0.633. The molecule has 0 atom stereocenters. The quantitative estimate of drug-likeness (QED) is 0.670. The molecule has 0 unspecified atom stereocenters. The highest BCUT2D eigenvalue weighted by atomic mass is 16.5.